The third kappa shape index (κ3) is 14.0. The summed E-state index contributed by atoms with van der Waals surface area (Å²) in [6, 6.07) is 0. The molecule has 0 bridgehead atoms. The Kier molecular flexibility index (Phi) is 33.6. The highest BCUT2D eigenvalue weighted by molar-refractivity contribution is 7.87. The molecule has 0 fully saturated rings. The zero-order chi connectivity index (χ0) is 26.7. The van der Waals surface area contributed by atoms with E-state index in [4.69, 9.17) is 9.15 Å². The largest absolute Gasteiger partial charge is 0.438 e. The fraction of sp³-hybridized carbons (Fsp3) is 1.00. The van der Waals surface area contributed by atoms with Gasteiger partial charge in [0.2, 0.25) is 6.93 Å². The summed E-state index contributed by atoms with van der Waals surface area (Å²) < 4.78 is 196. The zero-order valence-electron chi connectivity index (χ0n) is 15.5. The molecule has 0 rings (SSSR count). The van der Waals surface area contributed by atoms with Gasteiger partial charge in [-0.1, -0.05) is 14.9 Å². The molecule has 0 aromatic carbocycles. The summed E-state index contributed by atoms with van der Waals surface area (Å²) in [5.74, 6) is -14.1. The van der Waals surface area contributed by atoms with Crippen LogP contribution in [-0.4, -0.2) is 72.8 Å². The lowest BCUT2D eigenvalue weighted by molar-refractivity contribution is -0.417. The summed E-state index contributed by atoms with van der Waals surface area (Å²) in [6.07, 6.45) is -6.27. The van der Waals surface area contributed by atoms with Crippen LogP contribution in [0.1, 0.15) is 21.8 Å². The summed E-state index contributed by atoms with van der Waals surface area (Å²) in [4.78, 5) is 0. The van der Waals surface area contributed by atoms with Crippen molar-refractivity contribution in [1.82, 2.24) is 0 Å². The Balaban J connectivity index is -0.0000000970. The average molecular weight is 562 g/mol. The van der Waals surface area contributed by atoms with Crippen LogP contribution < -0.4 is 0 Å². The van der Waals surface area contributed by atoms with Crippen molar-refractivity contribution in [1.29, 1.82) is 0 Å². The van der Waals surface area contributed by atoms with Gasteiger partial charge in [-0.05, 0) is 6.92 Å². The second-order valence-electron chi connectivity index (χ2n) is 3.71. The molecule has 20 heteroatoms. The molecule has 0 aliphatic carbocycles. The molecule has 0 amide bonds. The van der Waals surface area contributed by atoms with E-state index in [1.165, 1.54) is 6.92 Å². The van der Waals surface area contributed by atoms with Gasteiger partial charge >= 0.3 is 33.3 Å². The fourth-order valence-electron chi connectivity index (χ4n) is 0.885. The number of alkyl halides is 13. The van der Waals surface area contributed by atoms with Crippen molar-refractivity contribution in [3.63, 3.8) is 0 Å². The van der Waals surface area contributed by atoms with Crippen molar-refractivity contribution in [3.8, 4) is 0 Å². The van der Waals surface area contributed by atoms with Gasteiger partial charge in [0.25, 0.3) is 0 Å². The summed E-state index contributed by atoms with van der Waals surface area (Å²) in [6.45, 7) is -4.18. The normalized spacial score (nSPS) is 11.2. The van der Waals surface area contributed by atoms with E-state index in [2.05, 4.69) is 8.92 Å². The van der Waals surface area contributed by atoms with Crippen LogP contribution in [0.3, 0.4) is 0 Å². The van der Waals surface area contributed by atoms with Gasteiger partial charge < -0.3 is 4.74 Å². The maximum absolute atomic E-state index is 13.0. The molecule has 0 saturated heterocycles. The van der Waals surface area contributed by atoms with Gasteiger partial charge in [-0.25, -0.2) is 13.2 Å². The molecule has 33 heavy (non-hydrogen) atoms. The molecule has 212 valence electrons. The molecule has 4 nitrogen and oxygen atoms in total. The maximum atomic E-state index is 13.0. The van der Waals surface area contributed by atoms with Gasteiger partial charge in [-0.15, -0.1) is 0 Å². The molecule has 0 aliphatic heterocycles. The van der Waals surface area contributed by atoms with Crippen LogP contribution in [0, 0.1) is 0 Å². The van der Waals surface area contributed by atoms with Gasteiger partial charge in [0.15, 0.2) is 0 Å². The number of hydrogen-bond donors (Lipinski definition) is 0. The minimum atomic E-state index is -7.12. The Morgan fingerprint density at radius 2 is 1.03 bits per heavy atom. The molecule has 0 aromatic rings. The van der Waals surface area contributed by atoms with Gasteiger partial charge in [-0.2, -0.15) is 43.5 Å². The van der Waals surface area contributed by atoms with E-state index < -0.39 is 53.5 Å². The minimum absolute atomic E-state index is 0. The molecular formula is C13H25F15O4S. The van der Waals surface area contributed by atoms with Gasteiger partial charge in [0.05, 0.1) is 27.6 Å². The highest BCUT2D eigenvalue weighted by atomic mass is 32.2. The first-order chi connectivity index (χ1) is 13.9. The Morgan fingerprint density at radius 3 is 1.24 bits per heavy atom. The van der Waals surface area contributed by atoms with Crippen molar-refractivity contribution in [3.05, 3.63) is 0 Å². The van der Waals surface area contributed by atoms with Crippen molar-refractivity contribution in [2.24, 2.45) is 0 Å². The lowest BCUT2D eigenvalue weighted by Gasteiger charge is -2.34. The van der Waals surface area contributed by atoms with E-state index in [1.54, 1.807) is 0 Å². The molecule has 0 unspecified atom stereocenters. The summed E-state index contributed by atoms with van der Waals surface area (Å²) in [5.41, 5.74) is 0. The van der Waals surface area contributed by atoms with Crippen molar-refractivity contribution < 1.29 is 83.6 Å². The summed E-state index contributed by atoms with van der Waals surface area (Å²) in [7, 11) is -6.22. The van der Waals surface area contributed by atoms with Crippen LogP contribution in [0.2, 0.25) is 0 Å². The fourth-order valence-corrected chi connectivity index (χ4v) is 1.54. The standard InChI is InChI=1S/C7H7F9O4S.C2H5F.CH2F2.CH3F.2CH4.F2/c1-19-21(17,18)7(15,16)5(11,12)4(9,10)6(13,14)20-3-2-8;1-2-3;2-1-3;1-2;;;1-2/h2-3H2,1H3;2H2,1H3;1H2;1H3;2*1H4;. The van der Waals surface area contributed by atoms with E-state index in [0.717, 1.165) is 0 Å². The maximum Gasteiger partial charge on any atom is 0.438 e. The van der Waals surface area contributed by atoms with Crippen molar-refractivity contribution in [2.75, 3.05) is 41.2 Å². The quantitative estimate of drug-likeness (QED) is 0.237. The summed E-state index contributed by atoms with van der Waals surface area (Å²) >= 11 is 0. The molecule has 0 spiro atoms. The average Bonchev–Trinajstić information content (AvgIpc) is 2.70. The summed E-state index contributed by atoms with van der Waals surface area (Å²) in [5, 5.41) is -6.71. The second-order valence-corrected chi connectivity index (χ2v) is 5.46. The monoisotopic (exact) mass is 562 g/mol. The van der Waals surface area contributed by atoms with E-state index >= 15 is 0 Å². The van der Waals surface area contributed by atoms with Gasteiger partial charge in [0, 0.05) is 9.15 Å². The first-order valence-electron chi connectivity index (χ1n) is 6.66. The van der Waals surface area contributed by atoms with Crippen molar-refractivity contribution in [2.45, 2.75) is 45.0 Å². The van der Waals surface area contributed by atoms with Crippen LogP contribution in [0.5, 0.6) is 0 Å². The Morgan fingerprint density at radius 1 is 0.758 bits per heavy atom. The SMILES string of the molecule is C.C.CCF.CF.COS(=O)(=O)C(F)(F)C(F)(F)C(F)(F)C(F)(F)OCCF.FCF.FF. The number of ether oxygens (including phenoxy) is 1. The highest BCUT2D eigenvalue weighted by Gasteiger charge is 2.85. The third-order valence-corrected chi connectivity index (χ3v) is 3.34. The lowest BCUT2D eigenvalue weighted by atomic mass is 10.1. The second kappa shape index (κ2) is 22.6. The molecule has 0 atom stereocenters. The van der Waals surface area contributed by atoms with Crippen LogP contribution in [0.15, 0.2) is 0 Å². The Labute approximate surface area is 181 Å². The van der Waals surface area contributed by atoms with E-state index in [-0.39, 0.29) is 28.6 Å². The zero-order valence-corrected chi connectivity index (χ0v) is 16.4. The first-order valence-corrected chi connectivity index (χ1v) is 8.07. The molecule has 0 N–H and O–H groups in total. The topological polar surface area (TPSA) is 52.6 Å². The van der Waals surface area contributed by atoms with Crippen molar-refractivity contribution >= 4 is 10.1 Å². The van der Waals surface area contributed by atoms with Gasteiger partial charge in [0.1, 0.15) is 6.67 Å². The van der Waals surface area contributed by atoms with Gasteiger partial charge in [-0.3, -0.25) is 13.0 Å². The van der Waals surface area contributed by atoms with Crippen LogP contribution in [-0.2, 0) is 19.0 Å². The molecular weight excluding hydrogens is 537 g/mol. The number of rotatable bonds is 8. The number of hydrogen-bond acceptors (Lipinski definition) is 4. The molecule has 0 aromatic heterocycles. The molecule has 0 radical (unpaired) electrons. The third-order valence-electron chi connectivity index (χ3n) is 2.02. The molecule has 0 aliphatic rings. The molecule has 0 heterocycles. The lowest BCUT2D eigenvalue weighted by Crippen LogP contribution is -2.65. The molecule has 0 saturated carbocycles. The predicted molar refractivity (Wildman–Crippen MR) is 89.1 cm³/mol. The minimum Gasteiger partial charge on any atom is -0.313 e. The van der Waals surface area contributed by atoms with Crippen LogP contribution >= 0.6 is 0 Å². The van der Waals surface area contributed by atoms with E-state index in [1.807, 2.05) is 0 Å². The highest BCUT2D eigenvalue weighted by Crippen LogP contribution is 2.54. The number of halogens is 15. The van der Waals surface area contributed by atoms with Crippen LogP contribution in [0.25, 0.3) is 0 Å². The Hall–Kier alpha value is -1.18. The first kappa shape index (κ1) is 49.1. The van der Waals surface area contributed by atoms with E-state index in [9.17, 15) is 65.5 Å². The predicted octanol–water partition coefficient (Wildman–Crippen LogP) is 6.96. The Bertz CT molecular complexity index is 502. The van der Waals surface area contributed by atoms with E-state index in [0.29, 0.717) is 7.18 Å². The van der Waals surface area contributed by atoms with Crippen LogP contribution in [0.4, 0.5) is 66.2 Å². The smallest absolute Gasteiger partial charge is 0.313 e.